The molecule has 0 aliphatic rings. The van der Waals surface area contributed by atoms with Crippen molar-refractivity contribution in [2.45, 2.75) is 26.4 Å². The van der Waals surface area contributed by atoms with Gasteiger partial charge in [0.15, 0.2) is 0 Å². The maximum Gasteiger partial charge on any atom is 0.0919 e. The van der Waals surface area contributed by atoms with E-state index in [9.17, 15) is 5.11 Å². The molecular weight excluding hydrogens is 260 g/mol. The van der Waals surface area contributed by atoms with Crippen molar-refractivity contribution >= 4 is 0 Å². The Morgan fingerprint density at radius 3 is 2.57 bits per heavy atom. The molecule has 112 valence electrons. The van der Waals surface area contributed by atoms with E-state index in [1.54, 1.807) is 0 Å². The van der Waals surface area contributed by atoms with Crippen molar-refractivity contribution in [3.8, 4) is 0 Å². The summed E-state index contributed by atoms with van der Waals surface area (Å²) in [4.78, 5) is 6.20. The van der Waals surface area contributed by atoms with Crippen LogP contribution < -0.4 is 0 Å². The molecule has 1 aromatic carbocycles. The summed E-state index contributed by atoms with van der Waals surface area (Å²) in [7, 11) is 2.05. The van der Waals surface area contributed by atoms with Gasteiger partial charge in [0, 0.05) is 25.5 Å². The van der Waals surface area contributed by atoms with Gasteiger partial charge >= 0.3 is 0 Å². The van der Waals surface area contributed by atoms with E-state index in [0.717, 1.165) is 24.1 Å². The maximum absolute atomic E-state index is 10.4. The Bertz CT molecular complexity index is 569. The minimum atomic E-state index is -0.438. The van der Waals surface area contributed by atoms with Gasteiger partial charge < -0.3 is 10.0 Å². The standard InChI is InChI=1S/C18H24N2O/c1-14-4-5-15(2)17(12-14)18(21)13-20(3)11-8-16-6-9-19-10-7-16/h4-7,9-10,12,18,21H,8,11,13H2,1-3H3. The van der Waals surface area contributed by atoms with Crippen molar-refractivity contribution in [1.29, 1.82) is 0 Å². The van der Waals surface area contributed by atoms with Crippen LogP contribution in [0.5, 0.6) is 0 Å². The number of hydrogen-bond donors (Lipinski definition) is 1. The number of likely N-dealkylation sites (N-methyl/N-ethyl adjacent to an activating group) is 1. The number of aryl methyl sites for hydroxylation is 2. The summed E-state index contributed by atoms with van der Waals surface area (Å²) in [6.45, 7) is 5.68. The second-order valence-electron chi connectivity index (χ2n) is 5.74. The van der Waals surface area contributed by atoms with Crippen molar-refractivity contribution in [2.24, 2.45) is 0 Å². The summed E-state index contributed by atoms with van der Waals surface area (Å²) in [6.07, 6.45) is 4.17. The summed E-state index contributed by atoms with van der Waals surface area (Å²) in [5, 5.41) is 10.4. The molecule has 2 aromatic rings. The molecule has 21 heavy (non-hydrogen) atoms. The lowest BCUT2D eigenvalue weighted by Crippen LogP contribution is -2.27. The smallest absolute Gasteiger partial charge is 0.0919 e. The van der Waals surface area contributed by atoms with Gasteiger partial charge in [-0.1, -0.05) is 23.8 Å². The number of aliphatic hydroxyl groups excluding tert-OH is 1. The first-order valence-corrected chi connectivity index (χ1v) is 7.39. The summed E-state index contributed by atoms with van der Waals surface area (Å²) < 4.78 is 0. The fraction of sp³-hybridized carbons (Fsp3) is 0.389. The molecule has 0 aliphatic carbocycles. The molecule has 0 saturated heterocycles. The third kappa shape index (κ3) is 4.66. The van der Waals surface area contributed by atoms with E-state index in [1.807, 2.05) is 24.5 Å². The van der Waals surface area contributed by atoms with Crippen molar-refractivity contribution in [1.82, 2.24) is 9.88 Å². The summed E-state index contributed by atoms with van der Waals surface area (Å²) in [5.41, 5.74) is 4.65. The molecule has 3 nitrogen and oxygen atoms in total. The van der Waals surface area contributed by atoms with Crippen LogP contribution in [0.2, 0.25) is 0 Å². The van der Waals surface area contributed by atoms with E-state index in [-0.39, 0.29) is 0 Å². The SMILES string of the molecule is Cc1ccc(C)c(C(O)CN(C)CCc2ccncc2)c1. The third-order valence-electron chi connectivity index (χ3n) is 3.81. The van der Waals surface area contributed by atoms with E-state index in [4.69, 9.17) is 0 Å². The van der Waals surface area contributed by atoms with Gasteiger partial charge in [0.1, 0.15) is 0 Å². The van der Waals surface area contributed by atoms with Crippen LogP contribution in [0, 0.1) is 13.8 Å². The first-order valence-electron chi connectivity index (χ1n) is 7.39. The summed E-state index contributed by atoms with van der Waals surface area (Å²) in [6, 6.07) is 10.3. The predicted octanol–water partition coefficient (Wildman–Crippen LogP) is 2.91. The van der Waals surface area contributed by atoms with Crippen LogP contribution in [-0.4, -0.2) is 35.1 Å². The van der Waals surface area contributed by atoms with Gasteiger partial charge in [-0.15, -0.1) is 0 Å². The number of hydrogen-bond acceptors (Lipinski definition) is 3. The molecule has 1 N–H and O–H groups in total. The largest absolute Gasteiger partial charge is 0.387 e. The van der Waals surface area contributed by atoms with Crippen molar-refractivity contribution in [2.75, 3.05) is 20.1 Å². The molecule has 1 aromatic heterocycles. The lowest BCUT2D eigenvalue weighted by Gasteiger charge is -2.22. The van der Waals surface area contributed by atoms with Crippen LogP contribution in [0.1, 0.15) is 28.4 Å². The average molecular weight is 284 g/mol. The zero-order chi connectivity index (χ0) is 15.2. The number of rotatable bonds is 6. The van der Waals surface area contributed by atoms with Crippen LogP contribution in [0.25, 0.3) is 0 Å². The molecule has 0 radical (unpaired) electrons. The van der Waals surface area contributed by atoms with Crippen LogP contribution >= 0.6 is 0 Å². The first kappa shape index (κ1) is 15.7. The number of benzene rings is 1. The first-order chi connectivity index (χ1) is 10.1. The van der Waals surface area contributed by atoms with Gasteiger partial charge in [0.2, 0.25) is 0 Å². The Labute approximate surface area is 127 Å². The predicted molar refractivity (Wildman–Crippen MR) is 86.3 cm³/mol. The third-order valence-corrected chi connectivity index (χ3v) is 3.81. The van der Waals surface area contributed by atoms with E-state index in [1.165, 1.54) is 11.1 Å². The van der Waals surface area contributed by atoms with E-state index in [2.05, 4.69) is 49.0 Å². The molecule has 0 aliphatic heterocycles. The van der Waals surface area contributed by atoms with Gasteiger partial charge in [-0.05, 0) is 56.1 Å². The fourth-order valence-corrected chi connectivity index (χ4v) is 2.47. The molecule has 0 amide bonds. The Morgan fingerprint density at radius 2 is 1.86 bits per heavy atom. The van der Waals surface area contributed by atoms with Crippen molar-refractivity contribution in [3.63, 3.8) is 0 Å². The maximum atomic E-state index is 10.4. The number of aromatic nitrogens is 1. The zero-order valence-electron chi connectivity index (χ0n) is 13.1. The molecular formula is C18H24N2O. The average Bonchev–Trinajstić information content (AvgIpc) is 2.48. The molecule has 1 unspecified atom stereocenters. The lowest BCUT2D eigenvalue weighted by atomic mass is 10.0. The number of aliphatic hydroxyl groups is 1. The van der Waals surface area contributed by atoms with Crippen molar-refractivity contribution in [3.05, 3.63) is 65.0 Å². The number of pyridine rings is 1. The van der Waals surface area contributed by atoms with Crippen LogP contribution in [-0.2, 0) is 6.42 Å². The zero-order valence-corrected chi connectivity index (χ0v) is 13.1. The van der Waals surface area contributed by atoms with Gasteiger partial charge in [-0.3, -0.25) is 4.98 Å². The van der Waals surface area contributed by atoms with Crippen LogP contribution in [0.3, 0.4) is 0 Å². The Balaban J connectivity index is 1.90. The van der Waals surface area contributed by atoms with E-state index >= 15 is 0 Å². The highest BCUT2D eigenvalue weighted by Gasteiger charge is 2.13. The van der Waals surface area contributed by atoms with Crippen LogP contribution in [0.4, 0.5) is 0 Å². The molecule has 0 spiro atoms. The quantitative estimate of drug-likeness (QED) is 0.886. The fourth-order valence-electron chi connectivity index (χ4n) is 2.47. The molecule has 3 heteroatoms. The Morgan fingerprint density at radius 1 is 1.14 bits per heavy atom. The highest BCUT2D eigenvalue weighted by molar-refractivity contribution is 5.32. The Kier molecular flexibility index (Phi) is 5.48. The van der Waals surface area contributed by atoms with Crippen molar-refractivity contribution < 1.29 is 5.11 Å². The Hall–Kier alpha value is -1.71. The molecule has 2 rings (SSSR count). The van der Waals surface area contributed by atoms with Crippen LogP contribution in [0.15, 0.2) is 42.7 Å². The van der Waals surface area contributed by atoms with Gasteiger partial charge in [-0.2, -0.15) is 0 Å². The summed E-state index contributed by atoms with van der Waals surface area (Å²) >= 11 is 0. The second-order valence-corrected chi connectivity index (χ2v) is 5.74. The monoisotopic (exact) mass is 284 g/mol. The molecule has 1 atom stereocenters. The summed E-state index contributed by atoms with van der Waals surface area (Å²) in [5.74, 6) is 0. The van der Waals surface area contributed by atoms with E-state index in [0.29, 0.717) is 6.54 Å². The van der Waals surface area contributed by atoms with E-state index < -0.39 is 6.10 Å². The van der Waals surface area contributed by atoms with Gasteiger partial charge in [-0.25, -0.2) is 0 Å². The highest BCUT2D eigenvalue weighted by Crippen LogP contribution is 2.20. The lowest BCUT2D eigenvalue weighted by molar-refractivity contribution is 0.127. The van der Waals surface area contributed by atoms with Gasteiger partial charge in [0.25, 0.3) is 0 Å². The topological polar surface area (TPSA) is 36.4 Å². The molecule has 0 fully saturated rings. The normalized spacial score (nSPS) is 12.6. The number of nitrogens with zero attached hydrogens (tertiary/aromatic N) is 2. The molecule has 1 heterocycles. The minimum Gasteiger partial charge on any atom is -0.387 e. The van der Waals surface area contributed by atoms with Gasteiger partial charge in [0.05, 0.1) is 6.10 Å². The molecule has 0 saturated carbocycles. The highest BCUT2D eigenvalue weighted by atomic mass is 16.3. The molecule has 0 bridgehead atoms. The minimum absolute atomic E-state index is 0.438. The second kappa shape index (κ2) is 7.34.